The molecule has 1 aliphatic heterocycles. The van der Waals surface area contributed by atoms with Gasteiger partial charge < -0.3 is 20.9 Å². The number of nitrogens with zero attached hydrogens (tertiary/aromatic N) is 1. The Morgan fingerprint density at radius 2 is 1.97 bits per heavy atom. The lowest BCUT2D eigenvalue weighted by Crippen LogP contribution is -2.56. The van der Waals surface area contributed by atoms with Gasteiger partial charge in [0.2, 0.25) is 11.8 Å². The molecular weight excluding hydrogens is 461 g/mol. The quantitative estimate of drug-likeness (QED) is 0.388. The van der Waals surface area contributed by atoms with Crippen molar-refractivity contribution in [3.63, 3.8) is 0 Å². The summed E-state index contributed by atoms with van der Waals surface area (Å²) < 4.78 is 13.4. The molecular formula is C27H28FN5O3. The van der Waals surface area contributed by atoms with Crippen LogP contribution in [-0.2, 0) is 16.0 Å². The number of halogens is 1. The van der Waals surface area contributed by atoms with Crippen molar-refractivity contribution in [1.82, 2.24) is 20.9 Å². The monoisotopic (exact) mass is 489 g/mol. The summed E-state index contributed by atoms with van der Waals surface area (Å²) in [6.07, 6.45) is 1.68. The van der Waals surface area contributed by atoms with Crippen LogP contribution in [0.1, 0.15) is 42.2 Å². The lowest BCUT2D eigenvalue weighted by Gasteiger charge is -2.31. The standard InChI is InChI=1S/C27H28FN5O3/c1-27(16-29,15-19-6-4-12-30-24(19)34)33-26(36)22(13-17-8-10-20(28)11-9-17)32-25(35)23-14-18-5-2-3-7-21(18)31-23/h2-3,5,7-11,14,19,22,31H,4,6,12-13,15H2,1H3,(H,30,34)(H,32,35)(H,33,36)/t19?,22-,27+/m0/s1. The van der Waals surface area contributed by atoms with Crippen molar-refractivity contribution in [1.29, 1.82) is 5.26 Å². The normalized spacial score (nSPS) is 17.9. The van der Waals surface area contributed by atoms with E-state index in [1.54, 1.807) is 25.1 Å². The number of rotatable bonds is 8. The van der Waals surface area contributed by atoms with E-state index in [1.165, 1.54) is 12.1 Å². The first-order valence-electron chi connectivity index (χ1n) is 11.9. The van der Waals surface area contributed by atoms with Crippen LogP contribution in [0.4, 0.5) is 4.39 Å². The minimum atomic E-state index is -1.32. The number of benzene rings is 2. The highest BCUT2D eigenvalue weighted by molar-refractivity contribution is 6.00. The highest BCUT2D eigenvalue weighted by atomic mass is 19.1. The van der Waals surface area contributed by atoms with Gasteiger partial charge in [0.1, 0.15) is 23.1 Å². The molecule has 8 nitrogen and oxygen atoms in total. The van der Waals surface area contributed by atoms with E-state index in [4.69, 9.17) is 0 Å². The largest absolute Gasteiger partial charge is 0.356 e. The number of amides is 3. The minimum Gasteiger partial charge on any atom is -0.356 e. The SMILES string of the molecule is C[C@](C#N)(CC1CCCNC1=O)NC(=O)[C@H](Cc1ccc(F)cc1)NC(=O)c1cc2ccccc2[nH]1. The zero-order valence-corrected chi connectivity index (χ0v) is 19.9. The van der Waals surface area contributed by atoms with E-state index < -0.39 is 29.2 Å². The molecule has 1 saturated heterocycles. The summed E-state index contributed by atoms with van der Waals surface area (Å²) in [5.41, 5.74) is 0.391. The number of hydrogen-bond donors (Lipinski definition) is 4. The van der Waals surface area contributed by atoms with Gasteiger partial charge in [-0.25, -0.2) is 4.39 Å². The van der Waals surface area contributed by atoms with Crippen LogP contribution in [-0.4, -0.2) is 40.8 Å². The van der Waals surface area contributed by atoms with Crippen molar-refractivity contribution in [3.8, 4) is 6.07 Å². The third kappa shape index (κ3) is 5.89. The van der Waals surface area contributed by atoms with E-state index in [0.717, 1.165) is 17.3 Å². The van der Waals surface area contributed by atoms with Crippen molar-refractivity contribution in [2.45, 2.75) is 44.2 Å². The zero-order chi connectivity index (χ0) is 25.7. The Kier molecular flexibility index (Phi) is 7.34. The Bertz CT molecular complexity index is 1280. The number of aromatic nitrogens is 1. The van der Waals surface area contributed by atoms with Gasteiger partial charge in [0.25, 0.3) is 5.91 Å². The molecule has 9 heteroatoms. The number of H-pyrrole nitrogens is 1. The topological polar surface area (TPSA) is 127 Å². The number of para-hydroxylation sites is 1. The second kappa shape index (κ2) is 10.6. The maximum Gasteiger partial charge on any atom is 0.268 e. The van der Waals surface area contributed by atoms with Crippen molar-refractivity contribution in [2.75, 3.05) is 6.54 Å². The second-order valence-corrected chi connectivity index (χ2v) is 9.39. The maximum absolute atomic E-state index is 13.4. The predicted molar refractivity (Wildman–Crippen MR) is 132 cm³/mol. The molecule has 36 heavy (non-hydrogen) atoms. The van der Waals surface area contributed by atoms with Crippen molar-refractivity contribution in [3.05, 3.63) is 71.7 Å². The Labute approximate surface area is 208 Å². The number of piperidine rings is 1. The molecule has 3 aromatic rings. The van der Waals surface area contributed by atoms with Gasteiger partial charge in [-0.1, -0.05) is 30.3 Å². The first-order valence-corrected chi connectivity index (χ1v) is 11.9. The summed E-state index contributed by atoms with van der Waals surface area (Å²) in [6.45, 7) is 2.17. The molecule has 0 spiro atoms. The molecule has 3 atom stereocenters. The van der Waals surface area contributed by atoms with Crippen molar-refractivity contribution < 1.29 is 18.8 Å². The van der Waals surface area contributed by atoms with E-state index in [2.05, 4.69) is 27.0 Å². The summed E-state index contributed by atoms with van der Waals surface area (Å²) in [5, 5.41) is 19.0. The highest BCUT2D eigenvalue weighted by Gasteiger charge is 2.36. The van der Waals surface area contributed by atoms with Crippen LogP contribution in [0.5, 0.6) is 0 Å². The first-order chi connectivity index (χ1) is 17.3. The van der Waals surface area contributed by atoms with E-state index >= 15 is 0 Å². The number of nitriles is 1. The van der Waals surface area contributed by atoms with Crippen LogP contribution in [0.15, 0.2) is 54.6 Å². The van der Waals surface area contributed by atoms with Crippen LogP contribution in [0.2, 0.25) is 0 Å². The Balaban J connectivity index is 1.54. The summed E-state index contributed by atoms with van der Waals surface area (Å²) in [6, 6.07) is 15.8. The molecule has 4 rings (SSSR count). The van der Waals surface area contributed by atoms with Gasteiger partial charge in [0.05, 0.1) is 6.07 Å². The summed E-state index contributed by atoms with van der Waals surface area (Å²) in [7, 11) is 0. The van der Waals surface area contributed by atoms with E-state index in [1.807, 2.05) is 24.3 Å². The lowest BCUT2D eigenvalue weighted by atomic mass is 9.85. The van der Waals surface area contributed by atoms with Gasteiger partial charge in [-0.3, -0.25) is 14.4 Å². The van der Waals surface area contributed by atoms with Crippen molar-refractivity contribution in [2.24, 2.45) is 5.92 Å². The fraction of sp³-hybridized carbons (Fsp3) is 0.333. The Hall–Kier alpha value is -4.19. The number of carbonyl (C=O) groups excluding carboxylic acids is 3. The average molecular weight is 490 g/mol. The number of fused-ring (bicyclic) bond motifs is 1. The molecule has 0 saturated carbocycles. The highest BCUT2D eigenvalue weighted by Crippen LogP contribution is 2.23. The molecule has 186 valence electrons. The zero-order valence-electron chi connectivity index (χ0n) is 19.9. The molecule has 4 N–H and O–H groups in total. The molecule has 2 heterocycles. The van der Waals surface area contributed by atoms with Gasteiger partial charge in [0, 0.05) is 29.8 Å². The van der Waals surface area contributed by atoms with Crippen LogP contribution in [0.25, 0.3) is 10.9 Å². The fourth-order valence-corrected chi connectivity index (χ4v) is 4.50. The molecule has 2 aromatic carbocycles. The maximum atomic E-state index is 13.4. The third-order valence-electron chi connectivity index (χ3n) is 6.45. The molecule has 0 radical (unpaired) electrons. The molecule has 1 fully saturated rings. The molecule has 1 aromatic heterocycles. The summed E-state index contributed by atoms with van der Waals surface area (Å²) in [4.78, 5) is 41.7. The predicted octanol–water partition coefficient (Wildman–Crippen LogP) is 2.96. The summed E-state index contributed by atoms with van der Waals surface area (Å²) >= 11 is 0. The first kappa shape index (κ1) is 24.9. The Morgan fingerprint density at radius 1 is 1.22 bits per heavy atom. The second-order valence-electron chi connectivity index (χ2n) is 9.39. The lowest BCUT2D eigenvalue weighted by molar-refractivity contribution is -0.129. The molecule has 0 bridgehead atoms. The van der Waals surface area contributed by atoms with Gasteiger partial charge in [-0.05, 0) is 56.0 Å². The number of aromatic amines is 1. The number of carbonyl (C=O) groups is 3. The van der Waals surface area contributed by atoms with Gasteiger partial charge in [-0.2, -0.15) is 5.26 Å². The van der Waals surface area contributed by atoms with Crippen LogP contribution in [0, 0.1) is 23.1 Å². The molecule has 0 aliphatic carbocycles. The van der Waals surface area contributed by atoms with Gasteiger partial charge in [-0.15, -0.1) is 0 Å². The minimum absolute atomic E-state index is 0.0868. The van der Waals surface area contributed by atoms with Crippen molar-refractivity contribution >= 4 is 28.6 Å². The summed E-state index contributed by atoms with van der Waals surface area (Å²) in [5.74, 6) is -1.99. The molecule has 1 unspecified atom stereocenters. The third-order valence-corrected chi connectivity index (χ3v) is 6.45. The fourth-order valence-electron chi connectivity index (χ4n) is 4.50. The van der Waals surface area contributed by atoms with E-state index in [9.17, 15) is 24.0 Å². The molecule has 3 amide bonds. The Morgan fingerprint density at radius 3 is 2.67 bits per heavy atom. The average Bonchev–Trinajstić information content (AvgIpc) is 3.31. The van der Waals surface area contributed by atoms with Crippen LogP contribution >= 0.6 is 0 Å². The molecule has 1 aliphatic rings. The van der Waals surface area contributed by atoms with E-state index in [0.29, 0.717) is 18.5 Å². The number of hydrogen-bond acceptors (Lipinski definition) is 4. The number of nitrogens with one attached hydrogen (secondary N) is 4. The smallest absolute Gasteiger partial charge is 0.268 e. The van der Waals surface area contributed by atoms with Gasteiger partial charge in [0.15, 0.2) is 0 Å². The van der Waals surface area contributed by atoms with Crippen LogP contribution in [0.3, 0.4) is 0 Å². The van der Waals surface area contributed by atoms with E-state index in [-0.39, 0.29) is 30.4 Å². The van der Waals surface area contributed by atoms with Gasteiger partial charge >= 0.3 is 0 Å². The van der Waals surface area contributed by atoms with Crippen LogP contribution < -0.4 is 16.0 Å².